The number of para-hydroxylation sites is 1. The first-order chi connectivity index (χ1) is 53.9. The number of halogens is 1. The monoisotopic (exact) mass is 1440 g/mol. The molecule has 5 heterocycles. The summed E-state index contributed by atoms with van der Waals surface area (Å²) < 4.78 is 7.71. The summed E-state index contributed by atoms with van der Waals surface area (Å²) in [5.74, 6) is 0.667. The molecule has 8 heteroatoms. The largest absolute Gasteiger partial charge is 0.278 e. The molecule has 0 saturated heterocycles. The van der Waals surface area contributed by atoms with Gasteiger partial charge < -0.3 is 0 Å². The summed E-state index contributed by atoms with van der Waals surface area (Å²) in [6.07, 6.45) is 1.06. The van der Waals surface area contributed by atoms with E-state index >= 15 is 0 Å². The van der Waals surface area contributed by atoms with Crippen LogP contribution in [-0.2, 0) is 6.42 Å². The maximum absolute atomic E-state index is 6.34. The molecule has 1 aliphatic carbocycles. The fraction of sp³-hybridized carbons (Fsp3) is 0.00990. The average Bonchev–Trinajstić information content (AvgIpc) is 1.61. The highest BCUT2D eigenvalue weighted by atomic mass is 35.5. The molecule has 18 aromatic carbocycles. The molecule has 109 heavy (non-hydrogen) atoms. The summed E-state index contributed by atoms with van der Waals surface area (Å²) in [5.41, 5.74) is 18.4. The van der Waals surface area contributed by atoms with Gasteiger partial charge in [0.25, 0.3) is 0 Å². The molecule has 0 fully saturated rings. The molecule has 24 rings (SSSR count). The van der Waals surface area contributed by atoms with Gasteiger partial charge >= 0.3 is 0 Å². The number of fused-ring (bicyclic) bond motifs is 24. The zero-order valence-electron chi connectivity index (χ0n) is 58.6. The summed E-state index contributed by atoms with van der Waals surface area (Å²) in [7, 11) is 0. The molecule has 0 radical (unpaired) electrons. The highest BCUT2D eigenvalue weighted by Gasteiger charge is 2.24. The first-order valence-electron chi connectivity index (χ1n) is 36.9. The van der Waals surface area contributed by atoms with Gasteiger partial charge in [-0.05, 0) is 154 Å². The van der Waals surface area contributed by atoms with Crippen molar-refractivity contribution in [3.05, 3.63) is 368 Å². The van der Waals surface area contributed by atoms with Crippen molar-refractivity contribution in [3.63, 3.8) is 0 Å². The summed E-state index contributed by atoms with van der Waals surface area (Å²) in [4.78, 5) is 20.1. The van der Waals surface area contributed by atoms with Crippen LogP contribution < -0.4 is 0 Å². The number of thiophene rings is 2. The van der Waals surface area contributed by atoms with Gasteiger partial charge in [0.2, 0.25) is 11.2 Å². The van der Waals surface area contributed by atoms with Gasteiger partial charge in [0, 0.05) is 94.6 Å². The number of hydrogen-bond donors (Lipinski definition) is 0. The number of benzene rings is 18. The van der Waals surface area contributed by atoms with Crippen molar-refractivity contribution >= 4 is 183 Å². The standard InChI is InChI=1S/C50H29N3S.C28H17ClN2.C23H14S/c1-3-13-35-30(10-1)12-9-17-36(35)32-20-22-33(23-21-32)47-41-27-24-31-11-2-4-14-37(31)48(41)52-50(51-47)53-44-18-7-5-15-38(44)43-29-42-34(28-45(43)53)25-26-40-39-16-6-8-19-46(39)54-49(40)42;29-28-30-26(25-17-16-19-7-2-4-10-24(19)27(25)31-28)21-14-12-20(13-15-21)23-11-5-8-18-6-1-3-9-22(18)23;1-2-6-17-14(5-1)11-16-12-15-9-10-19-18-7-3-4-8-22(18)24-23(19)21(15)13-20(16)17/h1-29H;1-17H;1-10,12-13H,11H2. The summed E-state index contributed by atoms with van der Waals surface area (Å²) >= 11 is 10.1. The van der Waals surface area contributed by atoms with Crippen molar-refractivity contribution in [1.29, 1.82) is 0 Å². The second-order valence-corrected chi connectivity index (χ2v) is 30.8. The SMILES string of the molecule is Clc1nc(-c2ccc(-c3cccc4ccccc34)cc2)c2ccc3ccccc3c2n1.c1ccc2c(-c3ccc(-c4nc(-n5c6ccccc6c6cc7c(ccc8c9ccccc9sc78)cc65)nc5c4ccc4ccccc45)cc3)cccc2c1.c1ccc2c(c1)Cc1cc3ccc4c5ccccc5sc4c3cc1-2. The highest BCUT2D eigenvalue weighted by molar-refractivity contribution is 7.27. The van der Waals surface area contributed by atoms with E-state index in [-0.39, 0.29) is 5.28 Å². The molecule has 0 N–H and O–H groups in total. The first kappa shape index (κ1) is 63.0. The third kappa shape index (κ3) is 10.5. The van der Waals surface area contributed by atoms with E-state index in [1.54, 1.807) is 0 Å². The predicted molar refractivity (Wildman–Crippen MR) is 466 cm³/mol. The molecule has 508 valence electrons. The molecule has 5 nitrogen and oxygen atoms in total. The average molecular weight is 1440 g/mol. The van der Waals surface area contributed by atoms with E-state index in [4.69, 9.17) is 21.6 Å². The van der Waals surface area contributed by atoms with Gasteiger partial charge in [0.1, 0.15) is 0 Å². The Morgan fingerprint density at radius 3 is 1.28 bits per heavy atom. The Morgan fingerprint density at radius 2 is 0.679 bits per heavy atom. The molecule has 23 aromatic rings. The van der Waals surface area contributed by atoms with Crippen molar-refractivity contribution in [2.75, 3.05) is 0 Å². The third-order valence-corrected chi connectivity index (χ3v) is 24.9. The zero-order chi connectivity index (χ0) is 71.8. The maximum Gasteiger partial charge on any atom is 0.235 e. The van der Waals surface area contributed by atoms with Crippen LogP contribution in [0.1, 0.15) is 11.1 Å². The Kier molecular flexibility index (Phi) is 14.7. The predicted octanol–water partition coefficient (Wildman–Crippen LogP) is 28.6. The zero-order valence-corrected chi connectivity index (χ0v) is 61.0. The van der Waals surface area contributed by atoms with E-state index in [1.807, 2.05) is 34.8 Å². The van der Waals surface area contributed by atoms with Crippen LogP contribution in [0.15, 0.2) is 352 Å². The Bertz CT molecular complexity index is 7710. The summed E-state index contributed by atoms with van der Waals surface area (Å²) in [5, 5.41) is 24.8. The van der Waals surface area contributed by atoms with Gasteiger partial charge in [-0.1, -0.05) is 303 Å². The second-order valence-electron chi connectivity index (χ2n) is 28.4. The highest BCUT2D eigenvalue weighted by Crippen LogP contribution is 2.47. The van der Waals surface area contributed by atoms with Gasteiger partial charge in [0.15, 0.2) is 0 Å². The molecule has 0 spiro atoms. The molecule has 5 aromatic heterocycles. The van der Waals surface area contributed by atoms with Gasteiger partial charge in [-0.15, -0.1) is 22.7 Å². The van der Waals surface area contributed by atoms with Crippen LogP contribution in [-0.4, -0.2) is 24.5 Å². The van der Waals surface area contributed by atoms with E-state index in [0.29, 0.717) is 5.95 Å². The Labute approximate surface area is 639 Å². The number of rotatable bonds is 5. The molecule has 0 aliphatic heterocycles. The molecule has 1 aliphatic rings. The van der Waals surface area contributed by atoms with Gasteiger partial charge in [-0.3, -0.25) is 4.57 Å². The molecule has 0 unspecified atom stereocenters. The topological polar surface area (TPSA) is 56.5 Å². The van der Waals surface area contributed by atoms with Gasteiger partial charge in [-0.2, -0.15) is 0 Å². The van der Waals surface area contributed by atoms with Crippen molar-refractivity contribution < 1.29 is 0 Å². The van der Waals surface area contributed by atoms with Crippen LogP contribution in [0.3, 0.4) is 0 Å². The minimum atomic E-state index is 0.261. The van der Waals surface area contributed by atoms with Crippen LogP contribution in [0.25, 0.3) is 210 Å². The van der Waals surface area contributed by atoms with Crippen LogP contribution in [0.4, 0.5) is 0 Å². The maximum atomic E-state index is 6.34. The Hall–Kier alpha value is -13.3. The van der Waals surface area contributed by atoms with E-state index < -0.39 is 0 Å². The molecule has 0 bridgehead atoms. The second kappa shape index (κ2) is 25.5. The van der Waals surface area contributed by atoms with Crippen LogP contribution in [0.5, 0.6) is 0 Å². The first-order valence-corrected chi connectivity index (χ1v) is 38.9. The van der Waals surface area contributed by atoms with E-state index in [2.05, 4.69) is 354 Å². The third-order valence-electron chi connectivity index (χ3n) is 22.3. The minimum absolute atomic E-state index is 0.261. The lowest BCUT2D eigenvalue weighted by Crippen LogP contribution is -2.04. The van der Waals surface area contributed by atoms with Crippen molar-refractivity contribution in [1.82, 2.24) is 24.5 Å². The van der Waals surface area contributed by atoms with Crippen molar-refractivity contribution in [2.45, 2.75) is 6.42 Å². The number of nitrogens with zero attached hydrogens (tertiary/aromatic N) is 5. The van der Waals surface area contributed by atoms with Crippen molar-refractivity contribution in [2.24, 2.45) is 0 Å². The molecular weight excluding hydrogens is 1380 g/mol. The summed E-state index contributed by atoms with van der Waals surface area (Å²) in [6, 6.07) is 126. The fourth-order valence-electron chi connectivity index (χ4n) is 17.1. The normalized spacial score (nSPS) is 12.0. The minimum Gasteiger partial charge on any atom is -0.278 e. The number of aromatic nitrogens is 5. The molecule has 0 amide bonds. The van der Waals surface area contributed by atoms with Crippen LogP contribution >= 0.6 is 34.3 Å². The smallest absolute Gasteiger partial charge is 0.235 e. The van der Waals surface area contributed by atoms with E-state index in [1.165, 1.54) is 139 Å². The lowest BCUT2D eigenvalue weighted by molar-refractivity contribution is 1.02. The summed E-state index contributed by atoms with van der Waals surface area (Å²) in [6.45, 7) is 0. The Morgan fingerprint density at radius 1 is 0.248 bits per heavy atom. The van der Waals surface area contributed by atoms with Gasteiger partial charge in [0.05, 0.1) is 33.5 Å². The fourth-order valence-corrected chi connectivity index (χ4v) is 19.8. The Balaban J connectivity index is 0.000000112. The van der Waals surface area contributed by atoms with Gasteiger partial charge in [-0.25, -0.2) is 19.9 Å². The molecular formula is C101H60ClN5S2. The quantitative estimate of drug-likeness (QED) is 0.127. The van der Waals surface area contributed by atoms with Crippen LogP contribution in [0, 0.1) is 0 Å². The lowest BCUT2D eigenvalue weighted by Gasteiger charge is -2.14. The lowest BCUT2D eigenvalue weighted by atomic mass is 9.96. The molecule has 0 atom stereocenters. The molecule has 0 saturated carbocycles. The van der Waals surface area contributed by atoms with E-state index in [9.17, 15) is 0 Å². The van der Waals surface area contributed by atoms with E-state index in [0.717, 1.165) is 83.3 Å². The number of hydrogen-bond acceptors (Lipinski definition) is 6. The van der Waals surface area contributed by atoms with Crippen molar-refractivity contribution in [3.8, 4) is 61.8 Å². The van der Waals surface area contributed by atoms with Crippen LogP contribution in [0.2, 0.25) is 5.28 Å².